The highest BCUT2D eigenvalue weighted by Crippen LogP contribution is 2.27. The Morgan fingerprint density at radius 3 is 2.48 bits per heavy atom. The zero-order valence-corrected chi connectivity index (χ0v) is 17.9. The number of nitro groups is 1. The molecule has 1 N–H and O–H groups in total. The van der Waals surface area contributed by atoms with E-state index in [1.54, 1.807) is 0 Å². The van der Waals surface area contributed by atoms with Crippen molar-refractivity contribution in [1.29, 1.82) is 0 Å². The molecule has 0 aromatic heterocycles. The zero-order valence-electron chi connectivity index (χ0n) is 17.1. The van der Waals surface area contributed by atoms with Gasteiger partial charge in [0.05, 0.1) is 21.7 Å². The monoisotopic (exact) mass is 422 g/mol. The Morgan fingerprint density at radius 2 is 1.86 bits per heavy atom. The van der Waals surface area contributed by atoms with Gasteiger partial charge in [-0.2, -0.15) is 0 Å². The summed E-state index contributed by atoms with van der Waals surface area (Å²) >= 11 is 6.10. The Hall–Kier alpha value is -1.70. The standard InChI is InChI=1S/C21H31ClN4O3/c1-16(21(27)23-20-14-18(26(28)29)6-7-19(20)22)25-12-8-17(9-13-25)15-24-10-4-2-3-5-11-24/h6-7,14,16-17H,2-5,8-13,15H2,1H3,(H,23,27). The number of carbonyl (C=O) groups is 1. The van der Waals surface area contributed by atoms with Crippen LogP contribution < -0.4 is 5.32 Å². The fourth-order valence-corrected chi connectivity index (χ4v) is 4.50. The molecule has 0 aliphatic carbocycles. The number of anilines is 1. The molecule has 0 spiro atoms. The van der Waals surface area contributed by atoms with Gasteiger partial charge in [-0.1, -0.05) is 24.4 Å². The summed E-state index contributed by atoms with van der Waals surface area (Å²) in [4.78, 5) is 28.0. The second-order valence-corrected chi connectivity index (χ2v) is 8.69. The lowest BCUT2D eigenvalue weighted by molar-refractivity contribution is -0.384. The quantitative estimate of drug-likeness (QED) is 0.550. The average molecular weight is 423 g/mol. The molecule has 2 heterocycles. The van der Waals surface area contributed by atoms with E-state index >= 15 is 0 Å². The van der Waals surface area contributed by atoms with Crippen LogP contribution in [0.2, 0.25) is 5.02 Å². The average Bonchev–Trinajstić information content (AvgIpc) is 2.98. The molecule has 1 amide bonds. The van der Waals surface area contributed by atoms with Crippen LogP contribution in [0.3, 0.4) is 0 Å². The summed E-state index contributed by atoms with van der Waals surface area (Å²) in [7, 11) is 0. The molecule has 2 fully saturated rings. The molecule has 0 radical (unpaired) electrons. The maximum atomic E-state index is 12.7. The second kappa shape index (κ2) is 10.4. The Balaban J connectivity index is 1.50. The molecular weight excluding hydrogens is 392 g/mol. The van der Waals surface area contributed by atoms with E-state index in [1.165, 1.54) is 63.5 Å². The van der Waals surface area contributed by atoms with E-state index in [9.17, 15) is 14.9 Å². The highest BCUT2D eigenvalue weighted by atomic mass is 35.5. The van der Waals surface area contributed by atoms with Gasteiger partial charge in [0, 0.05) is 18.7 Å². The van der Waals surface area contributed by atoms with Gasteiger partial charge in [0.2, 0.25) is 5.91 Å². The Kier molecular flexibility index (Phi) is 7.86. The topological polar surface area (TPSA) is 78.7 Å². The van der Waals surface area contributed by atoms with Crippen LogP contribution in [0.25, 0.3) is 0 Å². The van der Waals surface area contributed by atoms with Gasteiger partial charge >= 0.3 is 0 Å². The van der Waals surface area contributed by atoms with Gasteiger partial charge in [-0.05, 0) is 70.8 Å². The lowest BCUT2D eigenvalue weighted by atomic mass is 9.95. The summed E-state index contributed by atoms with van der Waals surface area (Å²) in [5, 5.41) is 14.0. The Labute approximate surface area is 177 Å². The highest BCUT2D eigenvalue weighted by Gasteiger charge is 2.28. The second-order valence-electron chi connectivity index (χ2n) is 8.28. The molecule has 3 rings (SSSR count). The molecule has 1 aromatic carbocycles. The van der Waals surface area contributed by atoms with E-state index in [2.05, 4.69) is 15.1 Å². The van der Waals surface area contributed by atoms with E-state index < -0.39 is 4.92 Å². The molecule has 1 aromatic rings. The number of nitrogens with zero attached hydrogens (tertiary/aromatic N) is 3. The van der Waals surface area contributed by atoms with Gasteiger partial charge < -0.3 is 10.2 Å². The Bertz CT molecular complexity index is 714. The molecule has 1 atom stereocenters. The number of carbonyl (C=O) groups excluding carboxylic acids is 1. The van der Waals surface area contributed by atoms with E-state index in [0.29, 0.717) is 10.9 Å². The lowest BCUT2D eigenvalue weighted by Gasteiger charge is -2.37. The van der Waals surface area contributed by atoms with Crippen molar-refractivity contribution in [1.82, 2.24) is 9.80 Å². The highest BCUT2D eigenvalue weighted by molar-refractivity contribution is 6.33. The minimum absolute atomic E-state index is 0.0910. The van der Waals surface area contributed by atoms with Crippen molar-refractivity contribution >= 4 is 28.9 Å². The first-order valence-electron chi connectivity index (χ1n) is 10.7. The normalized spacial score (nSPS) is 20.8. The number of hydrogen-bond donors (Lipinski definition) is 1. The van der Waals surface area contributed by atoms with Crippen LogP contribution in [-0.2, 0) is 4.79 Å². The number of amides is 1. The first kappa shape index (κ1) is 22.0. The predicted molar refractivity (Wildman–Crippen MR) is 115 cm³/mol. The number of halogens is 1. The van der Waals surface area contributed by atoms with Crippen molar-refractivity contribution < 1.29 is 9.72 Å². The summed E-state index contributed by atoms with van der Waals surface area (Å²) in [6.07, 6.45) is 7.55. The number of hydrogen-bond acceptors (Lipinski definition) is 5. The number of nitrogens with one attached hydrogen (secondary N) is 1. The molecule has 8 heteroatoms. The van der Waals surface area contributed by atoms with Crippen LogP contribution in [0.15, 0.2) is 18.2 Å². The lowest BCUT2D eigenvalue weighted by Crippen LogP contribution is -2.47. The fraction of sp³-hybridized carbons (Fsp3) is 0.667. The summed E-state index contributed by atoms with van der Waals surface area (Å²) in [5.74, 6) is 0.518. The smallest absolute Gasteiger partial charge is 0.271 e. The van der Waals surface area contributed by atoms with Crippen molar-refractivity contribution in [3.05, 3.63) is 33.3 Å². The molecule has 29 heavy (non-hydrogen) atoms. The molecule has 0 bridgehead atoms. The molecule has 2 aliphatic rings. The first-order valence-corrected chi connectivity index (χ1v) is 11.0. The molecule has 160 valence electrons. The third-order valence-electron chi connectivity index (χ3n) is 6.21. The van der Waals surface area contributed by atoms with E-state index in [1.807, 2.05) is 6.92 Å². The largest absolute Gasteiger partial charge is 0.323 e. The van der Waals surface area contributed by atoms with Crippen LogP contribution in [-0.4, -0.2) is 59.4 Å². The third kappa shape index (κ3) is 6.14. The molecule has 1 unspecified atom stereocenters. The Morgan fingerprint density at radius 1 is 1.21 bits per heavy atom. The summed E-state index contributed by atoms with van der Waals surface area (Å²) in [6, 6.07) is 3.77. The number of non-ortho nitro benzene ring substituents is 1. The van der Waals surface area contributed by atoms with Gasteiger partial charge in [0.15, 0.2) is 0 Å². The third-order valence-corrected chi connectivity index (χ3v) is 6.54. The molecule has 2 aliphatic heterocycles. The van der Waals surface area contributed by atoms with Crippen molar-refractivity contribution in [3.63, 3.8) is 0 Å². The number of likely N-dealkylation sites (tertiary alicyclic amines) is 2. The van der Waals surface area contributed by atoms with Gasteiger partial charge in [0.25, 0.3) is 5.69 Å². The van der Waals surface area contributed by atoms with Crippen molar-refractivity contribution in [2.75, 3.05) is 38.0 Å². The summed E-state index contributed by atoms with van der Waals surface area (Å²) < 4.78 is 0. The van der Waals surface area contributed by atoms with Crippen LogP contribution in [0.5, 0.6) is 0 Å². The van der Waals surface area contributed by atoms with Gasteiger partial charge in [-0.3, -0.25) is 19.8 Å². The van der Waals surface area contributed by atoms with Crippen LogP contribution in [0.4, 0.5) is 11.4 Å². The maximum absolute atomic E-state index is 12.7. The van der Waals surface area contributed by atoms with E-state index in [0.717, 1.165) is 25.9 Å². The molecule has 2 saturated heterocycles. The molecule has 0 saturated carbocycles. The van der Waals surface area contributed by atoms with Crippen LogP contribution >= 0.6 is 11.6 Å². The minimum atomic E-state index is -0.496. The van der Waals surface area contributed by atoms with Gasteiger partial charge in [-0.25, -0.2) is 0 Å². The van der Waals surface area contributed by atoms with E-state index in [4.69, 9.17) is 11.6 Å². The minimum Gasteiger partial charge on any atom is -0.323 e. The fourth-order valence-electron chi connectivity index (χ4n) is 4.33. The molecular formula is C21H31ClN4O3. The van der Waals surface area contributed by atoms with E-state index in [-0.39, 0.29) is 23.3 Å². The molecule has 7 nitrogen and oxygen atoms in total. The van der Waals surface area contributed by atoms with Crippen LogP contribution in [0.1, 0.15) is 45.4 Å². The van der Waals surface area contributed by atoms with Crippen molar-refractivity contribution in [3.8, 4) is 0 Å². The number of piperidine rings is 1. The number of benzene rings is 1. The van der Waals surface area contributed by atoms with Gasteiger partial charge in [0.1, 0.15) is 0 Å². The summed E-state index contributed by atoms with van der Waals surface area (Å²) in [6.45, 7) is 7.31. The predicted octanol–water partition coefficient (Wildman–Crippen LogP) is 4.16. The van der Waals surface area contributed by atoms with Gasteiger partial charge in [-0.15, -0.1) is 0 Å². The van der Waals surface area contributed by atoms with Crippen molar-refractivity contribution in [2.45, 2.75) is 51.5 Å². The first-order chi connectivity index (χ1) is 13.9. The van der Waals surface area contributed by atoms with Crippen molar-refractivity contribution in [2.24, 2.45) is 5.92 Å². The number of nitro benzene ring substituents is 1. The maximum Gasteiger partial charge on any atom is 0.271 e. The number of rotatable bonds is 6. The van der Waals surface area contributed by atoms with Crippen LogP contribution in [0, 0.1) is 16.0 Å². The zero-order chi connectivity index (χ0) is 20.8. The summed E-state index contributed by atoms with van der Waals surface area (Å²) in [5.41, 5.74) is 0.195. The SMILES string of the molecule is CC(C(=O)Nc1cc([N+](=O)[O-])ccc1Cl)N1CCC(CN2CCCCCC2)CC1.